The summed E-state index contributed by atoms with van der Waals surface area (Å²) in [5.74, 6) is -0.529. The Morgan fingerprint density at radius 2 is 2.21 bits per heavy atom. The molecule has 0 saturated carbocycles. The number of anilines is 2. The normalized spacial score (nSPS) is 12.0. The highest BCUT2D eigenvalue weighted by Crippen LogP contribution is 2.29. The quantitative estimate of drug-likeness (QED) is 0.537. The van der Waals surface area contributed by atoms with Crippen LogP contribution in [-0.4, -0.2) is 27.9 Å². The maximum atomic E-state index is 13.5. The Balaban J connectivity index is 1.88. The van der Waals surface area contributed by atoms with Gasteiger partial charge in [0.05, 0.1) is 5.25 Å². The second-order valence-electron chi connectivity index (χ2n) is 5.37. The van der Waals surface area contributed by atoms with Crippen LogP contribution >= 0.6 is 23.1 Å². The lowest BCUT2D eigenvalue weighted by atomic mass is 10.2. The Labute approximate surface area is 149 Å². The number of nitrogens with one attached hydrogen (secondary N) is 2. The average molecular weight is 369 g/mol. The molecule has 0 bridgehead atoms. The highest BCUT2D eigenvalue weighted by atomic mass is 32.2. The molecule has 0 spiro atoms. The van der Waals surface area contributed by atoms with Gasteiger partial charge >= 0.3 is 0 Å². The molecule has 1 heterocycles. The number of aryl methyl sites for hydroxylation is 1. The van der Waals surface area contributed by atoms with Crippen LogP contribution in [0, 0.1) is 12.7 Å². The van der Waals surface area contributed by atoms with Gasteiger partial charge in [-0.3, -0.25) is 4.79 Å². The number of hydrogen-bond donors (Lipinski definition) is 2. The minimum atomic E-state index is -0.356. The van der Waals surface area contributed by atoms with Crippen molar-refractivity contribution in [1.82, 2.24) is 10.2 Å². The average Bonchev–Trinajstić information content (AvgIpc) is 2.98. The molecule has 1 atom stereocenters. The van der Waals surface area contributed by atoms with Gasteiger partial charge < -0.3 is 10.6 Å². The second kappa shape index (κ2) is 8.98. The minimum Gasteiger partial charge on any atom is -0.360 e. The molecule has 0 aliphatic rings. The summed E-state index contributed by atoms with van der Waals surface area (Å²) >= 11 is 2.77. The van der Waals surface area contributed by atoms with Gasteiger partial charge in [-0.2, -0.15) is 0 Å². The van der Waals surface area contributed by atoms with Crippen molar-refractivity contribution in [2.75, 3.05) is 17.2 Å². The summed E-state index contributed by atoms with van der Waals surface area (Å²) in [4.78, 5) is 12.2. The van der Waals surface area contributed by atoms with E-state index in [1.165, 1.54) is 29.2 Å². The number of aromatic nitrogens is 2. The first-order valence-electron chi connectivity index (χ1n) is 7.80. The van der Waals surface area contributed by atoms with Gasteiger partial charge in [-0.1, -0.05) is 42.5 Å². The van der Waals surface area contributed by atoms with Crippen LogP contribution in [0.1, 0.15) is 32.3 Å². The molecule has 0 unspecified atom stereocenters. The first-order valence-corrected chi connectivity index (χ1v) is 9.50. The van der Waals surface area contributed by atoms with E-state index in [4.69, 9.17) is 0 Å². The topological polar surface area (TPSA) is 66.9 Å². The van der Waals surface area contributed by atoms with Crippen LogP contribution in [0.4, 0.5) is 15.2 Å². The standard InChI is InChI=1S/C16H21FN4OS2/c1-4-5-8-18-15-20-21-16(24-15)23-11(3)14(22)19-12-7-6-10(2)13(17)9-12/h6-7,9,11H,4-5,8H2,1-3H3,(H,18,20)(H,19,22)/t11-/m1/s1. The molecular weight excluding hydrogens is 347 g/mol. The second-order valence-corrected chi connectivity index (χ2v) is 7.93. The van der Waals surface area contributed by atoms with E-state index < -0.39 is 0 Å². The van der Waals surface area contributed by atoms with Crippen LogP contribution in [0.25, 0.3) is 0 Å². The van der Waals surface area contributed by atoms with Crippen molar-refractivity contribution in [2.24, 2.45) is 0 Å². The number of thioether (sulfide) groups is 1. The van der Waals surface area contributed by atoms with Gasteiger partial charge in [0.25, 0.3) is 0 Å². The fourth-order valence-corrected chi connectivity index (χ4v) is 3.74. The molecule has 0 fully saturated rings. The molecule has 8 heteroatoms. The molecule has 1 aromatic heterocycles. The summed E-state index contributed by atoms with van der Waals surface area (Å²) in [5.41, 5.74) is 1.00. The molecule has 2 N–H and O–H groups in total. The predicted molar refractivity (Wildman–Crippen MR) is 98.4 cm³/mol. The van der Waals surface area contributed by atoms with Crippen molar-refractivity contribution >= 4 is 39.8 Å². The van der Waals surface area contributed by atoms with Crippen LogP contribution in [-0.2, 0) is 4.79 Å². The molecule has 5 nitrogen and oxygen atoms in total. The monoisotopic (exact) mass is 368 g/mol. The molecule has 0 saturated heterocycles. The van der Waals surface area contributed by atoms with E-state index in [0.717, 1.165) is 28.9 Å². The van der Waals surface area contributed by atoms with Gasteiger partial charge in [0.1, 0.15) is 5.82 Å². The molecule has 24 heavy (non-hydrogen) atoms. The van der Waals surface area contributed by atoms with Crippen molar-refractivity contribution in [3.05, 3.63) is 29.6 Å². The van der Waals surface area contributed by atoms with Gasteiger partial charge in [-0.25, -0.2) is 4.39 Å². The van der Waals surface area contributed by atoms with Gasteiger partial charge in [-0.15, -0.1) is 10.2 Å². The summed E-state index contributed by atoms with van der Waals surface area (Å²) in [6.45, 7) is 6.46. The van der Waals surface area contributed by atoms with Gasteiger partial charge in [-0.05, 0) is 38.0 Å². The lowest BCUT2D eigenvalue weighted by Crippen LogP contribution is -2.22. The number of unbranched alkanes of at least 4 members (excludes halogenated alkanes) is 1. The Hall–Kier alpha value is -1.67. The number of nitrogens with zero attached hydrogens (tertiary/aromatic N) is 2. The van der Waals surface area contributed by atoms with Gasteiger partial charge in [0, 0.05) is 12.2 Å². The fraction of sp³-hybridized carbons (Fsp3) is 0.438. The van der Waals surface area contributed by atoms with Crippen LogP contribution in [0.2, 0.25) is 0 Å². The van der Waals surface area contributed by atoms with Crippen LogP contribution < -0.4 is 10.6 Å². The Morgan fingerprint density at radius 1 is 1.42 bits per heavy atom. The van der Waals surface area contributed by atoms with E-state index in [-0.39, 0.29) is 17.0 Å². The third-order valence-electron chi connectivity index (χ3n) is 3.30. The number of amides is 1. The van der Waals surface area contributed by atoms with E-state index >= 15 is 0 Å². The van der Waals surface area contributed by atoms with E-state index in [1.807, 2.05) is 0 Å². The number of hydrogen-bond acceptors (Lipinski definition) is 6. The van der Waals surface area contributed by atoms with Crippen LogP contribution in [0.3, 0.4) is 0 Å². The first kappa shape index (κ1) is 18.7. The molecular formula is C16H21FN4OS2. The van der Waals surface area contributed by atoms with E-state index in [2.05, 4.69) is 27.8 Å². The molecule has 1 amide bonds. The molecule has 2 rings (SSSR count). The zero-order valence-corrected chi connectivity index (χ0v) is 15.6. The Bertz CT molecular complexity index is 692. The number of halogens is 1. The Kier molecular flexibility index (Phi) is 6.99. The van der Waals surface area contributed by atoms with Crippen molar-refractivity contribution in [2.45, 2.75) is 43.2 Å². The minimum absolute atomic E-state index is 0.195. The number of rotatable bonds is 8. The fourth-order valence-electron chi connectivity index (χ4n) is 1.82. The molecule has 0 radical (unpaired) electrons. The number of carbonyl (C=O) groups is 1. The number of benzene rings is 1. The lowest BCUT2D eigenvalue weighted by Gasteiger charge is -2.10. The van der Waals surface area contributed by atoms with Crippen LogP contribution in [0.5, 0.6) is 0 Å². The van der Waals surface area contributed by atoms with Crippen molar-refractivity contribution in [3.63, 3.8) is 0 Å². The lowest BCUT2D eigenvalue weighted by molar-refractivity contribution is -0.115. The summed E-state index contributed by atoms with van der Waals surface area (Å²) in [5, 5.41) is 14.5. The predicted octanol–water partition coefficient (Wildman–Crippen LogP) is 4.32. The van der Waals surface area contributed by atoms with Gasteiger partial charge in [0.2, 0.25) is 11.0 Å². The van der Waals surface area contributed by atoms with Gasteiger partial charge in [0.15, 0.2) is 4.34 Å². The highest BCUT2D eigenvalue weighted by Gasteiger charge is 2.17. The molecule has 130 valence electrons. The number of carbonyl (C=O) groups excluding carboxylic acids is 1. The Morgan fingerprint density at radius 3 is 2.92 bits per heavy atom. The van der Waals surface area contributed by atoms with E-state index in [9.17, 15) is 9.18 Å². The van der Waals surface area contributed by atoms with Crippen LogP contribution in [0.15, 0.2) is 22.5 Å². The zero-order chi connectivity index (χ0) is 17.5. The molecule has 0 aliphatic heterocycles. The zero-order valence-electron chi connectivity index (χ0n) is 13.9. The van der Waals surface area contributed by atoms with E-state index in [0.29, 0.717) is 11.3 Å². The molecule has 1 aromatic carbocycles. The maximum absolute atomic E-state index is 13.5. The van der Waals surface area contributed by atoms with Crippen molar-refractivity contribution < 1.29 is 9.18 Å². The maximum Gasteiger partial charge on any atom is 0.237 e. The summed E-state index contributed by atoms with van der Waals surface area (Å²) in [6.07, 6.45) is 2.19. The molecule has 2 aromatic rings. The largest absolute Gasteiger partial charge is 0.360 e. The first-order chi connectivity index (χ1) is 11.5. The van der Waals surface area contributed by atoms with Crippen molar-refractivity contribution in [1.29, 1.82) is 0 Å². The SMILES string of the molecule is CCCCNc1nnc(S[C@H](C)C(=O)Nc2ccc(C)c(F)c2)s1. The third kappa shape index (κ3) is 5.45. The highest BCUT2D eigenvalue weighted by molar-refractivity contribution is 8.02. The third-order valence-corrected chi connectivity index (χ3v) is 5.36. The van der Waals surface area contributed by atoms with Crippen molar-refractivity contribution in [3.8, 4) is 0 Å². The van der Waals surface area contributed by atoms with E-state index in [1.54, 1.807) is 26.0 Å². The summed E-state index contributed by atoms with van der Waals surface area (Å²) in [7, 11) is 0. The summed E-state index contributed by atoms with van der Waals surface area (Å²) < 4.78 is 14.3. The molecule has 0 aliphatic carbocycles. The smallest absolute Gasteiger partial charge is 0.237 e. The summed E-state index contributed by atoms with van der Waals surface area (Å²) in [6, 6.07) is 4.65.